The van der Waals surface area contributed by atoms with Crippen LogP contribution in [0.4, 0.5) is 0 Å². The van der Waals surface area contributed by atoms with Crippen molar-refractivity contribution < 1.29 is 5.11 Å². The van der Waals surface area contributed by atoms with Crippen molar-refractivity contribution in [3.8, 4) is 5.75 Å². The van der Waals surface area contributed by atoms with E-state index in [9.17, 15) is 0 Å². The summed E-state index contributed by atoms with van der Waals surface area (Å²) in [5, 5.41) is 9.12. The number of phenolic OH excluding ortho intramolecular Hbond substituents is 1. The molecule has 0 bridgehead atoms. The second-order valence-electron chi connectivity index (χ2n) is 4.17. The molecule has 78 valence electrons. The second kappa shape index (κ2) is 5.01. The van der Waals surface area contributed by atoms with Crippen molar-refractivity contribution in [3.05, 3.63) is 29.8 Å². The quantitative estimate of drug-likeness (QED) is 0.772. The van der Waals surface area contributed by atoms with Crippen LogP contribution in [0, 0.1) is 5.92 Å². The van der Waals surface area contributed by atoms with Gasteiger partial charge in [0.1, 0.15) is 5.75 Å². The molecule has 2 heteroatoms. The van der Waals surface area contributed by atoms with Crippen LogP contribution in [-0.4, -0.2) is 5.11 Å². The first-order valence-electron chi connectivity index (χ1n) is 5.14. The highest BCUT2D eigenvalue weighted by molar-refractivity contribution is 5.27. The lowest BCUT2D eigenvalue weighted by molar-refractivity contribution is 0.473. The number of phenols is 1. The highest BCUT2D eigenvalue weighted by Crippen LogP contribution is 2.20. The van der Waals surface area contributed by atoms with Gasteiger partial charge in [-0.15, -0.1) is 0 Å². The van der Waals surface area contributed by atoms with Gasteiger partial charge in [0, 0.05) is 6.04 Å². The highest BCUT2D eigenvalue weighted by atomic mass is 16.3. The van der Waals surface area contributed by atoms with Gasteiger partial charge in [0.15, 0.2) is 0 Å². The summed E-state index contributed by atoms with van der Waals surface area (Å²) in [4.78, 5) is 0. The first kappa shape index (κ1) is 11.1. The Bertz CT molecular complexity index is 266. The van der Waals surface area contributed by atoms with Crippen LogP contribution in [0.1, 0.15) is 38.3 Å². The average Bonchev–Trinajstić information content (AvgIpc) is 2.15. The Morgan fingerprint density at radius 1 is 1.14 bits per heavy atom. The standard InChI is InChI=1S/C12H19NO/c1-9(2)3-8-12(13)10-4-6-11(14)7-5-10/h4-7,9,12,14H,3,8,13H2,1-2H3/t12-/m1/s1. The normalized spacial score (nSPS) is 13.1. The van der Waals surface area contributed by atoms with E-state index in [1.54, 1.807) is 12.1 Å². The number of hydrogen-bond acceptors (Lipinski definition) is 2. The van der Waals surface area contributed by atoms with E-state index in [0.29, 0.717) is 11.7 Å². The molecule has 0 aliphatic carbocycles. The minimum absolute atomic E-state index is 0.0954. The van der Waals surface area contributed by atoms with E-state index in [2.05, 4.69) is 13.8 Å². The zero-order valence-electron chi connectivity index (χ0n) is 8.90. The van der Waals surface area contributed by atoms with Crippen LogP contribution in [0.2, 0.25) is 0 Å². The molecular formula is C12H19NO. The summed E-state index contributed by atoms with van der Waals surface area (Å²) in [6.07, 6.45) is 2.14. The van der Waals surface area contributed by atoms with E-state index in [-0.39, 0.29) is 6.04 Å². The highest BCUT2D eigenvalue weighted by Gasteiger charge is 2.06. The Morgan fingerprint density at radius 2 is 1.71 bits per heavy atom. The number of aromatic hydroxyl groups is 1. The molecule has 1 aromatic rings. The van der Waals surface area contributed by atoms with Gasteiger partial charge in [0.25, 0.3) is 0 Å². The SMILES string of the molecule is CC(C)CC[C@@H](N)c1ccc(O)cc1. The van der Waals surface area contributed by atoms with E-state index in [0.717, 1.165) is 18.4 Å². The van der Waals surface area contributed by atoms with Crippen LogP contribution in [0.5, 0.6) is 5.75 Å². The average molecular weight is 193 g/mol. The summed E-state index contributed by atoms with van der Waals surface area (Å²) >= 11 is 0. The number of benzene rings is 1. The summed E-state index contributed by atoms with van der Waals surface area (Å²) in [6, 6.07) is 7.24. The van der Waals surface area contributed by atoms with E-state index in [1.807, 2.05) is 12.1 Å². The van der Waals surface area contributed by atoms with Gasteiger partial charge in [0.05, 0.1) is 0 Å². The molecule has 2 nitrogen and oxygen atoms in total. The van der Waals surface area contributed by atoms with Crippen molar-refractivity contribution in [2.24, 2.45) is 11.7 Å². The smallest absolute Gasteiger partial charge is 0.115 e. The van der Waals surface area contributed by atoms with E-state index in [4.69, 9.17) is 10.8 Å². The topological polar surface area (TPSA) is 46.2 Å². The summed E-state index contributed by atoms with van der Waals surface area (Å²) in [5.41, 5.74) is 7.11. The molecule has 0 unspecified atom stereocenters. The van der Waals surface area contributed by atoms with E-state index in [1.165, 1.54) is 0 Å². The van der Waals surface area contributed by atoms with Gasteiger partial charge >= 0.3 is 0 Å². The molecule has 1 rings (SSSR count). The Morgan fingerprint density at radius 3 is 2.21 bits per heavy atom. The minimum atomic E-state index is 0.0954. The summed E-state index contributed by atoms with van der Waals surface area (Å²) in [5.74, 6) is 0.989. The molecule has 0 heterocycles. The molecule has 0 radical (unpaired) electrons. The van der Waals surface area contributed by atoms with Gasteiger partial charge in [-0.25, -0.2) is 0 Å². The van der Waals surface area contributed by atoms with Crippen LogP contribution in [0.25, 0.3) is 0 Å². The lowest BCUT2D eigenvalue weighted by atomic mass is 9.98. The zero-order valence-corrected chi connectivity index (χ0v) is 8.90. The third-order valence-corrected chi connectivity index (χ3v) is 2.38. The summed E-state index contributed by atoms with van der Waals surface area (Å²) in [7, 11) is 0. The summed E-state index contributed by atoms with van der Waals surface area (Å²) in [6.45, 7) is 4.40. The molecule has 3 N–H and O–H groups in total. The maximum absolute atomic E-state index is 9.12. The van der Waals surface area contributed by atoms with E-state index < -0.39 is 0 Å². The largest absolute Gasteiger partial charge is 0.508 e. The molecule has 1 atom stereocenters. The Balaban J connectivity index is 2.52. The molecule has 1 aromatic carbocycles. The van der Waals surface area contributed by atoms with E-state index >= 15 is 0 Å². The first-order valence-corrected chi connectivity index (χ1v) is 5.14. The predicted octanol–water partition coefficient (Wildman–Crippen LogP) is 2.83. The maximum atomic E-state index is 9.12. The minimum Gasteiger partial charge on any atom is -0.508 e. The fraction of sp³-hybridized carbons (Fsp3) is 0.500. The van der Waals surface area contributed by atoms with Crippen LogP contribution in [0.3, 0.4) is 0 Å². The van der Waals surface area contributed by atoms with Crippen LogP contribution in [0.15, 0.2) is 24.3 Å². The molecule has 0 aliphatic heterocycles. The molecule has 0 amide bonds. The Kier molecular flexibility index (Phi) is 3.96. The first-order chi connectivity index (χ1) is 6.59. The zero-order chi connectivity index (χ0) is 10.6. The number of hydrogen-bond donors (Lipinski definition) is 2. The molecule has 0 saturated carbocycles. The van der Waals surface area contributed by atoms with Gasteiger partial charge in [-0.05, 0) is 36.5 Å². The third kappa shape index (κ3) is 3.38. The van der Waals surface area contributed by atoms with Gasteiger partial charge in [-0.2, -0.15) is 0 Å². The number of rotatable bonds is 4. The predicted molar refractivity (Wildman–Crippen MR) is 59.1 cm³/mol. The molecule has 0 saturated heterocycles. The van der Waals surface area contributed by atoms with Crippen molar-refractivity contribution >= 4 is 0 Å². The Labute approximate surface area is 85.8 Å². The monoisotopic (exact) mass is 193 g/mol. The van der Waals surface area contributed by atoms with Crippen LogP contribution < -0.4 is 5.73 Å². The van der Waals surface area contributed by atoms with Crippen molar-refractivity contribution in [2.45, 2.75) is 32.7 Å². The number of nitrogens with two attached hydrogens (primary N) is 1. The van der Waals surface area contributed by atoms with Crippen molar-refractivity contribution in [2.75, 3.05) is 0 Å². The summed E-state index contributed by atoms with van der Waals surface area (Å²) < 4.78 is 0. The molecule has 0 spiro atoms. The lowest BCUT2D eigenvalue weighted by Crippen LogP contribution is -2.10. The van der Waals surface area contributed by atoms with Crippen LogP contribution >= 0.6 is 0 Å². The van der Waals surface area contributed by atoms with Gasteiger partial charge < -0.3 is 10.8 Å². The molecule has 14 heavy (non-hydrogen) atoms. The maximum Gasteiger partial charge on any atom is 0.115 e. The molecular weight excluding hydrogens is 174 g/mol. The molecule has 0 fully saturated rings. The van der Waals surface area contributed by atoms with Gasteiger partial charge in [-0.3, -0.25) is 0 Å². The van der Waals surface area contributed by atoms with Gasteiger partial charge in [-0.1, -0.05) is 26.0 Å². The molecule has 0 aromatic heterocycles. The van der Waals surface area contributed by atoms with Crippen molar-refractivity contribution in [1.29, 1.82) is 0 Å². The van der Waals surface area contributed by atoms with Crippen molar-refractivity contribution in [1.82, 2.24) is 0 Å². The van der Waals surface area contributed by atoms with Gasteiger partial charge in [0.2, 0.25) is 0 Å². The van der Waals surface area contributed by atoms with Crippen LogP contribution in [-0.2, 0) is 0 Å². The molecule has 0 aliphatic rings. The Hall–Kier alpha value is -1.02. The third-order valence-electron chi connectivity index (χ3n) is 2.38. The lowest BCUT2D eigenvalue weighted by Gasteiger charge is -2.13. The fourth-order valence-corrected chi connectivity index (χ4v) is 1.40. The second-order valence-corrected chi connectivity index (χ2v) is 4.17. The van der Waals surface area contributed by atoms with Crippen molar-refractivity contribution in [3.63, 3.8) is 0 Å². The fourth-order valence-electron chi connectivity index (χ4n) is 1.40.